The van der Waals surface area contributed by atoms with Gasteiger partial charge in [0.05, 0.1) is 0 Å². The molecule has 0 bridgehead atoms. The van der Waals surface area contributed by atoms with Crippen LogP contribution in [0.5, 0.6) is 5.75 Å². The maximum Gasteiger partial charge on any atom is 0.118 e. The smallest absolute Gasteiger partial charge is 0.118 e. The van der Waals surface area contributed by atoms with E-state index in [1.807, 2.05) is 19.9 Å². The predicted octanol–water partition coefficient (Wildman–Crippen LogP) is 4.75. The van der Waals surface area contributed by atoms with Crippen LogP contribution < -0.4 is 5.32 Å². The molecule has 0 fully saturated rings. The third-order valence-corrected chi connectivity index (χ3v) is 5.04. The van der Waals surface area contributed by atoms with Gasteiger partial charge in [-0.05, 0) is 66.0 Å². The summed E-state index contributed by atoms with van der Waals surface area (Å²) in [5.41, 5.74) is 3.03. The maximum absolute atomic E-state index is 9.62. The molecule has 0 saturated carbocycles. The number of phenolic OH excluding ortho intramolecular Hbond substituents is 1. The van der Waals surface area contributed by atoms with Crippen LogP contribution in [0.25, 0.3) is 0 Å². The Morgan fingerprint density at radius 3 is 2.50 bits per heavy atom. The molecule has 1 aromatic carbocycles. The molecule has 0 saturated heterocycles. The zero-order valence-corrected chi connectivity index (χ0v) is 13.1. The second-order valence-corrected chi connectivity index (χ2v) is 6.62. The molecule has 4 heteroatoms. The molecular formula is C14H16BrNOS. The van der Waals surface area contributed by atoms with Gasteiger partial charge in [0.15, 0.2) is 0 Å². The summed E-state index contributed by atoms with van der Waals surface area (Å²) in [6.07, 6.45) is 0. The van der Waals surface area contributed by atoms with Gasteiger partial charge in [-0.1, -0.05) is 0 Å². The quantitative estimate of drug-likeness (QED) is 0.798. The number of rotatable bonds is 3. The first-order chi connectivity index (χ1) is 8.47. The Balaban J connectivity index is 2.13. The van der Waals surface area contributed by atoms with E-state index in [0.29, 0.717) is 5.75 Å². The lowest BCUT2D eigenvalue weighted by atomic mass is 10.1. The topological polar surface area (TPSA) is 32.3 Å². The first-order valence-corrected chi connectivity index (χ1v) is 7.37. The molecule has 2 nitrogen and oxygen atoms in total. The molecule has 0 amide bonds. The Bertz CT molecular complexity index is 558. The number of benzene rings is 1. The first-order valence-electron chi connectivity index (χ1n) is 5.76. The molecule has 0 aliphatic rings. The number of phenols is 1. The molecule has 1 aromatic heterocycles. The van der Waals surface area contributed by atoms with E-state index < -0.39 is 0 Å². The number of thiophene rings is 1. The zero-order valence-electron chi connectivity index (χ0n) is 10.7. The average Bonchev–Trinajstić information content (AvgIpc) is 2.62. The maximum atomic E-state index is 9.62. The van der Waals surface area contributed by atoms with Crippen molar-refractivity contribution in [1.29, 1.82) is 0 Å². The molecule has 0 atom stereocenters. The van der Waals surface area contributed by atoms with Crippen molar-refractivity contribution in [3.05, 3.63) is 43.6 Å². The monoisotopic (exact) mass is 325 g/mol. The van der Waals surface area contributed by atoms with Crippen LogP contribution in [0.2, 0.25) is 0 Å². The molecule has 96 valence electrons. The molecule has 2 N–H and O–H groups in total. The minimum absolute atomic E-state index is 0.354. The third kappa shape index (κ3) is 2.87. The normalized spacial score (nSPS) is 10.7. The average molecular weight is 326 g/mol. The van der Waals surface area contributed by atoms with Crippen molar-refractivity contribution in [2.75, 3.05) is 5.32 Å². The van der Waals surface area contributed by atoms with Crippen molar-refractivity contribution < 1.29 is 5.11 Å². The van der Waals surface area contributed by atoms with Crippen LogP contribution in [0.3, 0.4) is 0 Å². The van der Waals surface area contributed by atoms with Gasteiger partial charge in [0.25, 0.3) is 0 Å². The number of hydrogen-bond acceptors (Lipinski definition) is 3. The van der Waals surface area contributed by atoms with Gasteiger partial charge in [-0.2, -0.15) is 0 Å². The number of aryl methyl sites for hydroxylation is 3. The molecule has 0 aliphatic carbocycles. The van der Waals surface area contributed by atoms with E-state index in [2.05, 4.69) is 34.2 Å². The van der Waals surface area contributed by atoms with Crippen LogP contribution >= 0.6 is 27.3 Å². The van der Waals surface area contributed by atoms with Crippen LogP contribution in [-0.2, 0) is 6.54 Å². The number of nitrogens with one attached hydrogen (secondary N) is 1. The van der Waals surface area contributed by atoms with Crippen LogP contribution in [0.15, 0.2) is 22.7 Å². The van der Waals surface area contributed by atoms with Crippen LogP contribution in [-0.4, -0.2) is 5.11 Å². The molecular weight excluding hydrogens is 310 g/mol. The van der Waals surface area contributed by atoms with Crippen molar-refractivity contribution in [2.24, 2.45) is 0 Å². The van der Waals surface area contributed by atoms with Gasteiger partial charge < -0.3 is 10.4 Å². The lowest BCUT2D eigenvalue weighted by Crippen LogP contribution is -1.99. The fourth-order valence-corrected chi connectivity index (χ4v) is 3.32. The van der Waals surface area contributed by atoms with Crippen LogP contribution in [0.4, 0.5) is 5.69 Å². The number of aromatic hydroxyl groups is 1. The van der Waals surface area contributed by atoms with Gasteiger partial charge in [0, 0.05) is 26.5 Å². The summed E-state index contributed by atoms with van der Waals surface area (Å²) >= 11 is 5.32. The largest absolute Gasteiger partial charge is 0.508 e. The van der Waals surface area contributed by atoms with Gasteiger partial charge in [0.2, 0.25) is 0 Å². The fourth-order valence-electron chi connectivity index (χ4n) is 1.78. The second kappa shape index (κ2) is 5.33. The van der Waals surface area contributed by atoms with Gasteiger partial charge in [0.1, 0.15) is 5.75 Å². The highest BCUT2D eigenvalue weighted by Crippen LogP contribution is 2.29. The van der Waals surface area contributed by atoms with Gasteiger partial charge in [-0.25, -0.2) is 0 Å². The highest BCUT2D eigenvalue weighted by molar-refractivity contribution is 9.10. The third-order valence-electron chi connectivity index (χ3n) is 2.90. The SMILES string of the molecule is Cc1cc(NCc2cc(Br)c(C)s2)c(C)cc1O. The number of hydrogen-bond donors (Lipinski definition) is 2. The molecule has 18 heavy (non-hydrogen) atoms. The van der Waals surface area contributed by atoms with Crippen molar-refractivity contribution >= 4 is 33.0 Å². The van der Waals surface area contributed by atoms with Gasteiger partial charge >= 0.3 is 0 Å². The van der Waals surface area contributed by atoms with Crippen LogP contribution in [0, 0.1) is 20.8 Å². The van der Waals surface area contributed by atoms with Gasteiger partial charge in [-0.15, -0.1) is 11.3 Å². The number of anilines is 1. The Kier molecular flexibility index (Phi) is 3.97. The van der Waals surface area contributed by atoms with E-state index in [1.54, 1.807) is 17.4 Å². The van der Waals surface area contributed by atoms with Crippen molar-refractivity contribution in [2.45, 2.75) is 27.3 Å². The lowest BCUT2D eigenvalue weighted by Gasteiger charge is -2.10. The molecule has 2 rings (SSSR count). The molecule has 0 spiro atoms. The Labute approximate surface area is 120 Å². The van der Waals surface area contributed by atoms with Crippen molar-refractivity contribution in [3.63, 3.8) is 0 Å². The fraction of sp³-hybridized carbons (Fsp3) is 0.286. The van der Waals surface area contributed by atoms with Crippen LogP contribution in [0.1, 0.15) is 20.9 Å². The Morgan fingerprint density at radius 2 is 1.89 bits per heavy atom. The van der Waals surface area contributed by atoms with E-state index in [1.165, 1.54) is 14.2 Å². The summed E-state index contributed by atoms with van der Waals surface area (Å²) in [5, 5.41) is 13.0. The van der Waals surface area contributed by atoms with E-state index in [4.69, 9.17) is 0 Å². The molecule has 0 aliphatic heterocycles. The highest BCUT2D eigenvalue weighted by Gasteiger charge is 2.05. The standard InChI is InChI=1S/C14H16BrNOS/c1-8-5-14(17)9(2)4-13(8)16-7-11-6-12(15)10(3)18-11/h4-6,16-17H,7H2,1-3H3. The molecule has 1 heterocycles. The summed E-state index contributed by atoms with van der Waals surface area (Å²) in [5.74, 6) is 0.354. The second-order valence-electron chi connectivity index (χ2n) is 4.42. The molecule has 0 unspecified atom stereocenters. The zero-order chi connectivity index (χ0) is 13.3. The summed E-state index contributed by atoms with van der Waals surface area (Å²) in [6, 6.07) is 5.93. The van der Waals surface area contributed by atoms with E-state index in [-0.39, 0.29) is 0 Å². The first kappa shape index (κ1) is 13.4. The van der Waals surface area contributed by atoms with E-state index in [9.17, 15) is 5.11 Å². The number of halogens is 1. The van der Waals surface area contributed by atoms with E-state index >= 15 is 0 Å². The summed E-state index contributed by atoms with van der Waals surface area (Å²) in [7, 11) is 0. The minimum atomic E-state index is 0.354. The minimum Gasteiger partial charge on any atom is -0.508 e. The van der Waals surface area contributed by atoms with Gasteiger partial charge in [-0.3, -0.25) is 0 Å². The Morgan fingerprint density at radius 1 is 1.17 bits per heavy atom. The lowest BCUT2D eigenvalue weighted by molar-refractivity contribution is 0.471. The van der Waals surface area contributed by atoms with Crippen molar-refractivity contribution in [3.8, 4) is 5.75 Å². The molecule has 2 aromatic rings. The van der Waals surface area contributed by atoms with E-state index in [0.717, 1.165) is 23.4 Å². The summed E-state index contributed by atoms with van der Waals surface area (Å²) < 4.78 is 1.17. The Hall–Kier alpha value is -1.00. The summed E-state index contributed by atoms with van der Waals surface area (Å²) in [6.45, 7) is 6.82. The summed E-state index contributed by atoms with van der Waals surface area (Å²) in [4.78, 5) is 2.59. The van der Waals surface area contributed by atoms with Crippen molar-refractivity contribution in [1.82, 2.24) is 0 Å². The predicted molar refractivity (Wildman–Crippen MR) is 81.7 cm³/mol. The molecule has 0 radical (unpaired) electrons. The highest BCUT2D eigenvalue weighted by atomic mass is 79.9.